The standard InChI is InChI=1S/C13H21N3O/c1-5-17-12-6-11(15-9(2)16-12)14-8-10-7-13(10,3)4/h6,10H,5,7-8H2,1-4H3,(H,14,15,16). The Hall–Kier alpha value is -1.32. The minimum Gasteiger partial charge on any atom is -0.478 e. The lowest BCUT2D eigenvalue weighted by molar-refractivity contribution is 0.325. The van der Waals surface area contributed by atoms with Gasteiger partial charge in [-0.2, -0.15) is 4.98 Å². The summed E-state index contributed by atoms with van der Waals surface area (Å²) in [6.45, 7) is 10.1. The first-order valence-corrected chi connectivity index (χ1v) is 6.23. The number of anilines is 1. The fraction of sp³-hybridized carbons (Fsp3) is 0.692. The second kappa shape index (κ2) is 4.51. The summed E-state index contributed by atoms with van der Waals surface area (Å²) in [6.07, 6.45) is 1.29. The second-order valence-corrected chi connectivity index (χ2v) is 5.34. The number of nitrogens with zero attached hydrogens (tertiary/aromatic N) is 2. The average Bonchev–Trinajstić information content (AvgIpc) is 2.83. The van der Waals surface area contributed by atoms with Crippen molar-refractivity contribution in [1.82, 2.24) is 9.97 Å². The molecule has 4 heteroatoms. The van der Waals surface area contributed by atoms with Gasteiger partial charge in [-0.3, -0.25) is 0 Å². The summed E-state index contributed by atoms with van der Waals surface area (Å²) in [5.41, 5.74) is 0.498. The molecule has 0 bridgehead atoms. The van der Waals surface area contributed by atoms with E-state index in [0.717, 1.165) is 24.1 Å². The fourth-order valence-electron chi connectivity index (χ4n) is 2.01. The molecule has 0 aromatic carbocycles. The third-order valence-corrected chi connectivity index (χ3v) is 3.35. The van der Waals surface area contributed by atoms with Gasteiger partial charge in [-0.15, -0.1) is 0 Å². The summed E-state index contributed by atoms with van der Waals surface area (Å²) >= 11 is 0. The van der Waals surface area contributed by atoms with Gasteiger partial charge in [-0.05, 0) is 31.6 Å². The van der Waals surface area contributed by atoms with E-state index in [2.05, 4.69) is 29.1 Å². The lowest BCUT2D eigenvalue weighted by Crippen LogP contribution is -2.09. The monoisotopic (exact) mass is 235 g/mol. The zero-order valence-electron chi connectivity index (χ0n) is 11.1. The zero-order valence-corrected chi connectivity index (χ0v) is 11.1. The predicted octanol–water partition coefficient (Wildman–Crippen LogP) is 2.64. The maximum absolute atomic E-state index is 5.40. The lowest BCUT2D eigenvalue weighted by Gasteiger charge is -2.09. The van der Waals surface area contributed by atoms with Crippen LogP contribution in [0.2, 0.25) is 0 Å². The van der Waals surface area contributed by atoms with Gasteiger partial charge in [0.25, 0.3) is 0 Å². The number of rotatable bonds is 5. The second-order valence-electron chi connectivity index (χ2n) is 5.34. The molecule has 0 aliphatic heterocycles. The van der Waals surface area contributed by atoms with Crippen LogP contribution in [0.1, 0.15) is 33.0 Å². The molecule has 1 saturated carbocycles. The van der Waals surface area contributed by atoms with Crippen LogP contribution >= 0.6 is 0 Å². The molecule has 1 aliphatic rings. The lowest BCUT2D eigenvalue weighted by atomic mass is 10.1. The van der Waals surface area contributed by atoms with Crippen molar-refractivity contribution in [3.63, 3.8) is 0 Å². The highest BCUT2D eigenvalue weighted by atomic mass is 16.5. The minimum atomic E-state index is 0.498. The average molecular weight is 235 g/mol. The maximum Gasteiger partial charge on any atom is 0.218 e. The van der Waals surface area contributed by atoms with Gasteiger partial charge in [0.1, 0.15) is 11.6 Å². The van der Waals surface area contributed by atoms with Crippen LogP contribution in [0.5, 0.6) is 5.88 Å². The summed E-state index contributed by atoms with van der Waals surface area (Å²) in [5.74, 6) is 3.02. The number of aromatic nitrogens is 2. The number of hydrogen-bond acceptors (Lipinski definition) is 4. The Kier molecular flexibility index (Phi) is 3.22. The van der Waals surface area contributed by atoms with Gasteiger partial charge >= 0.3 is 0 Å². The number of hydrogen-bond donors (Lipinski definition) is 1. The van der Waals surface area contributed by atoms with E-state index in [-0.39, 0.29) is 0 Å². The van der Waals surface area contributed by atoms with Crippen LogP contribution in [0.15, 0.2) is 6.07 Å². The van der Waals surface area contributed by atoms with E-state index in [1.54, 1.807) is 0 Å². The number of ether oxygens (including phenoxy) is 1. The van der Waals surface area contributed by atoms with E-state index in [0.29, 0.717) is 17.9 Å². The molecule has 1 fully saturated rings. The molecule has 0 saturated heterocycles. The smallest absolute Gasteiger partial charge is 0.218 e. The molecule has 1 atom stereocenters. The molecular weight excluding hydrogens is 214 g/mol. The zero-order chi connectivity index (χ0) is 12.5. The van der Waals surface area contributed by atoms with Gasteiger partial charge in [-0.1, -0.05) is 13.8 Å². The van der Waals surface area contributed by atoms with E-state index in [1.807, 2.05) is 19.9 Å². The third-order valence-electron chi connectivity index (χ3n) is 3.35. The van der Waals surface area contributed by atoms with E-state index in [1.165, 1.54) is 6.42 Å². The highest BCUT2D eigenvalue weighted by Crippen LogP contribution is 2.51. The van der Waals surface area contributed by atoms with Crippen LogP contribution in [-0.2, 0) is 0 Å². The van der Waals surface area contributed by atoms with Crippen molar-refractivity contribution >= 4 is 5.82 Å². The topological polar surface area (TPSA) is 47.0 Å². The normalized spacial score (nSPS) is 21.1. The molecule has 0 amide bonds. The molecule has 1 aromatic heterocycles. The summed E-state index contributed by atoms with van der Waals surface area (Å²) in [5, 5.41) is 3.37. The van der Waals surface area contributed by atoms with Gasteiger partial charge in [0.05, 0.1) is 6.61 Å². The van der Waals surface area contributed by atoms with E-state index in [4.69, 9.17) is 4.74 Å². The molecule has 1 heterocycles. The van der Waals surface area contributed by atoms with Crippen LogP contribution in [-0.4, -0.2) is 23.1 Å². The van der Waals surface area contributed by atoms with Crippen LogP contribution in [0.4, 0.5) is 5.82 Å². The summed E-state index contributed by atoms with van der Waals surface area (Å²) in [4.78, 5) is 8.58. The summed E-state index contributed by atoms with van der Waals surface area (Å²) in [6, 6.07) is 1.87. The fourth-order valence-corrected chi connectivity index (χ4v) is 2.01. The van der Waals surface area contributed by atoms with Crippen molar-refractivity contribution in [2.24, 2.45) is 11.3 Å². The van der Waals surface area contributed by atoms with Crippen molar-refractivity contribution in [2.75, 3.05) is 18.5 Å². The summed E-state index contributed by atoms with van der Waals surface area (Å²) in [7, 11) is 0. The van der Waals surface area contributed by atoms with Crippen molar-refractivity contribution < 1.29 is 4.74 Å². The van der Waals surface area contributed by atoms with Crippen LogP contribution < -0.4 is 10.1 Å². The SMILES string of the molecule is CCOc1cc(NCC2CC2(C)C)nc(C)n1. The molecule has 1 unspecified atom stereocenters. The quantitative estimate of drug-likeness (QED) is 0.852. The Morgan fingerprint density at radius 1 is 1.47 bits per heavy atom. The highest BCUT2D eigenvalue weighted by Gasteiger charge is 2.44. The Balaban J connectivity index is 1.96. The Morgan fingerprint density at radius 2 is 2.18 bits per heavy atom. The van der Waals surface area contributed by atoms with Gasteiger partial charge in [-0.25, -0.2) is 4.98 Å². The molecule has 1 aliphatic carbocycles. The Bertz CT molecular complexity index is 404. The molecule has 1 N–H and O–H groups in total. The van der Waals surface area contributed by atoms with E-state index in [9.17, 15) is 0 Å². The Labute approximate surface area is 103 Å². The van der Waals surface area contributed by atoms with Crippen molar-refractivity contribution in [1.29, 1.82) is 0 Å². The molecule has 0 spiro atoms. The number of nitrogens with one attached hydrogen (secondary N) is 1. The molecule has 4 nitrogen and oxygen atoms in total. The van der Waals surface area contributed by atoms with Gasteiger partial charge in [0.15, 0.2) is 0 Å². The molecule has 17 heavy (non-hydrogen) atoms. The third kappa shape index (κ3) is 3.08. The van der Waals surface area contributed by atoms with Crippen LogP contribution in [0.3, 0.4) is 0 Å². The van der Waals surface area contributed by atoms with Crippen molar-refractivity contribution in [3.8, 4) is 5.88 Å². The van der Waals surface area contributed by atoms with Crippen LogP contribution in [0.25, 0.3) is 0 Å². The Morgan fingerprint density at radius 3 is 2.76 bits per heavy atom. The van der Waals surface area contributed by atoms with E-state index < -0.39 is 0 Å². The molecule has 1 aromatic rings. The predicted molar refractivity (Wildman–Crippen MR) is 68.3 cm³/mol. The molecule has 0 radical (unpaired) electrons. The van der Waals surface area contributed by atoms with Crippen molar-refractivity contribution in [2.45, 2.75) is 34.1 Å². The van der Waals surface area contributed by atoms with Crippen LogP contribution in [0, 0.1) is 18.3 Å². The molecule has 2 rings (SSSR count). The first-order valence-electron chi connectivity index (χ1n) is 6.23. The minimum absolute atomic E-state index is 0.498. The van der Waals surface area contributed by atoms with Crippen molar-refractivity contribution in [3.05, 3.63) is 11.9 Å². The maximum atomic E-state index is 5.40. The largest absolute Gasteiger partial charge is 0.478 e. The summed E-state index contributed by atoms with van der Waals surface area (Å²) < 4.78 is 5.40. The molecular formula is C13H21N3O. The van der Waals surface area contributed by atoms with Gasteiger partial charge < -0.3 is 10.1 Å². The van der Waals surface area contributed by atoms with E-state index >= 15 is 0 Å². The first kappa shape index (κ1) is 12.1. The van der Waals surface area contributed by atoms with Gasteiger partial charge in [0.2, 0.25) is 5.88 Å². The molecule has 94 valence electrons. The highest BCUT2D eigenvalue weighted by molar-refractivity contribution is 5.38. The van der Waals surface area contributed by atoms with Gasteiger partial charge in [0, 0.05) is 12.6 Å². The first-order chi connectivity index (χ1) is 8.01. The number of aryl methyl sites for hydroxylation is 1.